The first-order valence-corrected chi connectivity index (χ1v) is 7.66. The molecule has 1 aromatic heterocycles. The first-order valence-electron chi connectivity index (χ1n) is 7.66. The summed E-state index contributed by atoms with van der Waals surface area (Å²) in [5, 5.41) is 3.35. The van der Waals surface area contributed by atoms with Crippen LogP contribution < -0.4 is 10.2 Å². The van der Waals surface area contributed by atoms with Crippen molar-refractivity contribution in [2.24, 2.45) is 0 Å². The van der Waals surface area contributed by atoms with E-state index in [0.717, 1.165) is 12.4 Å². The number of nitrogens with one attached hydrogen (secondary N) is 1. The van der Waals surface area contributed by atoms with Gasteiger partial charge < -0.3 is 15.1 Å². The van der Waals surface area contributed by atoms with Crippen molar-refractivity contribution in [3.8, 4) is 0 Å². The third-order valence-corrected chi connectivity index (χ3v) is 4.28. The topological polar surface area (TPSA) is 48.5 Å². The van der Waals surface area contributed by atoms with Crippen LogP contribution in [0.4, 0.5) is 5.82 Å². The molecule has 116 valence electrons. The number of piperidine rings is 1. The summed E-state index contributed by atoms with van der Waals surface area (Å²) in [4.78, 5) is 20.4. The summed E-state index contributed by atoms with van der Waals surface area (Å²) < 4.78 is 0. The third-order valence-electron chi connectivity index (χ3n) is 4.28. The molecule has 0 bridgehead atoms. The van der Waals surface area contributed by atoms with E-state index in [4.69, 9.17) is 0 Å². The predicted molar refractivity (Wildman–Crippen MR) is 85.8 cm³/mol. The smallest absolute Gasteiger partial charge is 0.254 e. The molecule has 2 heterocycles. The predicted octanol–water partition coefficient (Wildman–Crippen LogP) is 1.75. The lowest BCUT2D eigenvalue weighted by Gasteiger charge is -2.40. The van der Waals surface area contributed by atoms with Gasteiger partial charge in [0.2, 0.25) is 0 Å². The molecule has 2 atom stereocenters. The van der Waals surface area contributed by atoms with Crippen LogP contribution in [0.5, 0.6) is 0 Å². The Morgan fingerprint density at radius 1 is 1.43 bits per heavy atom. The van der Waals surface area contributed by atoms with Gasteiger partial charge in [-0.15, -0.1) is 0 Å². The number of nitrogens with zero attached hydrogens (tertiary/aromatic N) is 3. The maximum atomic E-state index is 11.9. The van der Waals surface area contributed by atoms with Crippen molar-refractivity contribution in [3.63, 3.8) is 0 Å². The van der Waals surface area contributed by atoms with Crippen molar-refractivity contribution >= 4 is 11.7 Å². The Balaban J connectivity index is 2.18. The van der Waals surface area contributed by atoms with Gasteiger partial charge in [-0.25, -0.2) is 4.98 Å². The average Bonchev–Trinajstić information content (AvgIpc) is 2.53. The number of hydrogen-bond acceptors (Lipinski definition) is 4. The van der Waals surface area contributed by atoms with Crippen LogP contribution in [0.15, 0.2) is 18.3 Å². The molecular weight excluding hydrogens is 264 g/mol. The number of hydrogen-bond donors (Lipinski definition) is 1. The molecule has 1 saturated heterocycles. The van der Waals surface area contributed by atoms with E-state index in [2.05, 4.69) is 22.1 Å². The molecule has 5 heteroatoms. The second kappa shape index (κ2) is 6.89. The monoisotopic (exact) mass is 290 g/mol. The van der Waals surface area contributed by atoms with Crippen LogP contribution >= 0.6 is 0 Å². The zero-order valence-electron chi connectivity index (χ0n) is 13.5. The first-order chi connectivity index (χ1) is 10.0. The van der Waals surface area contributed by atoms with Crippen LogP contribution in [0.25, 0.3) is 0 Å². The molecular formula is C16H26N4O. The van der Waals surface area contributed by atoms with E-state index in [1.807, 2.05) is 19.2 Å². The van der Waals surface area contributed by atoms with Crippen molar-refractivity contribution in [3.05, 3.63) is 23.9 Å². The van der Waals surface area contributed by atoms with Crippen molar-refractivity contribution in [1.29, 1.82) is 0 Å². The summed E-state index contributed by atoms with van der Waals surface area (Å²) in [5.41, 5.74) is 0.638. The maximum absolute atomic E-state index is 11.9. The quantitative estimate of drug-likeness (QED) is 0.918. The largest absolute Gasteiger partial charge is 0.352 e. The normalized spacial score (nSPS) is 20.2. The highest BCUT2D eigenvalue weighted by Gasteiger charge is 2.27. The number of pyridine rings is 1. The minimum Gasteiger partial charge on any atom is -0.352 e. The molecule has 1 amide bonds. The van der Waals surface area contributed by atoms with Crippen LogP contribution in [0.2, 0.25) is 0 Å². The standard InChI is InChI=1S/C16H26N4O/c1-12(17-2)14-7-5-6-10-20(14)15-9-8-13(11-18-15)16(21)19(3)4/h8-9,11-12,14,17H,5-7,10H2,1-4H3. The molecule has 0 aliphatic carbocycles. The number of carbonyl (C=O) groups is 1. The van der Waals surface area contributed by atoms with Crippen LogP contribution in [0.1, 0.15) is 36.5 Å². The lowest BCUT2D eigenvalue weighted by Crippen LogP contribution is -2.50. The Hall–Kier alpha value is -1.62. The molecule has 0 spiro atoms. The number of aromatic nitrogens is 1. The van der Waals surface area contributed by atoms with Crippen molar-refractivity contribution in [2.75, 3.05) is 32.6 Å². The van der Waals surface area contributed by atoms with Crippen LogP contribution in [0, 0.1) is 0 Å². The van der Waals surface area contributed by atoms with Crippen molar-refractivity contribution in [1.82, 2.24) is 15.2 Å². The van der Waals surface area contributed by atoms with Gasteiger partial charge in [-0.3, -0.25) is 4.79 Å². The second-order valence-corrected chi connectivity index (χ2v) is 5.94. The highest BCUT2D eigenvalue weighted by molar-refractivity contribution is 5.93. The van der Waals surface area contributed by atoms with Gasteiger partial charge >= 0.3 is 0 Å². The molecule has 1 aliphatic heterocycles. The summed E-state index contributed by atoms with van der Waals surface area (Å²) in [7, 11) is 5.51. The number of rotatable bonds is 4. The molecule has 0 radical (unpaired) electrons. The van der Waals surface area contributed by atoms with Crippen LogP contribution in [0.3, 0.4) is 0 Å². The van der Waals surface area contributed by atoms with E-state index in [9.17, 15) is 4.79 Å². The summed E-state index contributed by atoms with van der Waals surface area (Å²) in [6.45, 7) is 3.25. The number of likely N-dealkylation sites (N-methyl/N-ethyl adjacent to an activating group) is 1. The van der Waals surface area contributed by atoms with E-state index >= 15 is 0 Å². The highest BCUT2D eigenvalue weighted by Crippen LogP contribution is 2.25. The molecule has 21 heavy (non-hydrogen) atoms. The zero-order chi connectivity index (χ0) is 15.4. The van der Waals surface area contributed by atoms with E-state index < -0.39 is 0 Å². The number of amides is 1. The van der Waals surface area contributed by atoms with Gasteiger partial charge in [0, 0.05) is 38.9 Å². The fourth-order valence-electron chi connectivity index (χ4n) is 2.89. The van der Waals surface area contributed by atoms with E-state index in [0.29, 0.717) is 17.6 Å². The minimum atomic E-state index is -0.00663. The molecule has 0 aromatic carbocycles. The zero-order valence-corrected chi connectivity index (χ0v) is 13.5. The molecule has 2 rings (SSSR count). The van der Waals surface area contributed by atoms with Crippen molar-refractivity contribution in [2.45, 2.75) is 38.3 Å². The third kappa shape index (κ3) is 3.53. The maximum Gasteiger partial charge on any atom is 0.254 e. The molecule has 1 fully saturated rings. The molecule has 5 nitrogen and oxygen atoms in total. The SMILES string of the molecule is CNC(C)C1CCCCN1c1ccc(C(=O)N(C)C)cn1. The number of anilines is 1. The molecule has 1 N–H and O–H groups in total. The number of carbonyl (C=O) groups excluding carboxylic acids is 1. The lowest BCUT2D eigenvalue weighted by atomic mass is 9.96. The summed E-state index contributed by atoms with van der Waals surface area (Å²) in [6, 6.07) is 4.74. The highest BCUT2D eigenvalue weighted by atomic mass is 16.2. The summed E-state index contributed by atoms with van der Waals surface area (Å²) in [6.07, 6.45) is 5.34. The Morgan fingerprint density at radius 2 is 2.19 bits per heavy atom. The van der Waals surface area contributed by atoms with E-state index in [1.165, 1.54) is 19.3 Å². The van der Waals surface area contributed by atoms with Crippen LogP contribution in [-0.2, 0) is 0 Å². The lowest BCUT2D eigenvalue weighted by molar-refractivity contribution is 0.0827. The molecule has 1 aromatic rings. The second-order valence-electron chi connectivity index (χ2n) is 5.94. The Morgan fingerprint density at radius 3 is 2.76 bits per heavy atom. The minimum absolute atomic E-state index is 0.00663. The van der Waals surface area contributed by atoms with Gasteiger partial charge in [-0.05, 0) is 45.4 Å². The molecule has 1 aliphatic rings. The summed E-state index contributed by atoms with van der Waals surface area (Å²) >= 11 is 0. The van der Waals surface area contributed by atoms with Gasteiger partial charge in [0.25, 0.3) is 5.91 Å². The fourth-order valence-corrected chi connectivity index (χ4v) is 2.89. The Kier molecular flexibility index (Phi) is 5.17. The fraction of sp³-hybridized carbons (Fsp3) is 0.625. The first kappa shape index (κ1) is 15.8. The molecule has 0 saturated carbocycles. The van der Waals surface area contributed by atoms with Gasteiger partial charge in [0.05, 0.1) is 5.56 Å². The van der Waals surface area contributed by atoms with Gasteiger partial charge in [0.1, 0.15) is 5.82 Å². The van der Waals surface area contributed by atoms with Crippen molar-refractivity contribution < 1.29 is 4.79 Å². The Labute approximate surface area is 127 Å². The van der Waals surface area contributed by atoms with E-state index in [-0.39, 0.29) is 5.91 Å². The van der Waals surface area contributed by atoms with Crippen LogP contribution in [-0.4, -0.2) is 55.6 Å². The summed E-state index contributed by atoms with van der Waals surface area (Å²) in [5.74, 6) is 0.963. The average molecular weight is 290 g/mol. The van der Waals surface area contributed by atoms with Gasteiger partial charge in [0.15, 0.2) is 0 Å². The van der Waals surface area contributed by atoms with E-state index in [1.54, 1.807) is 25.2 Å². The molecule has 2 unspecified atom stereocenters. The van der Waals surface area contributed by atoms with Gasteiger partial charge in [-0.2, -0.15) is 0 Å². The van der Waals surface area contributed by atoms with Gasteiger partial charge in [-0.1, -0.05) is 0 Å². The Bertz CT molecular complexity index is 472.